The van der Waals surface area contributed by atoms with E-state index >= 15 is 0 Å². The highest BCUT2D eigenvalue weighted by Gasteiger charge is 2.29. The molecule has 118 valence electrons. The number of hydrogen-bond donors (Lipinski definition) is 1. The summed E-state index contributed by atoms with van der Waals surface area (Å²) >= 11 is 1.54. The molecule has 0 spiro atoms. The summed E-state index contributed by atoms with van der Waals surface area (Å²) in [6, 6.07) is 1.73. The minimum atomic E-state index is -0.373. The van der Waals surface area contributed by atoms with E-state index < -0.39 is 0 Å². The summed E-state index contributed by atoms with van der Waals surface area (Å²) in [5.74, 6) is 1.18. The molecular weight excluding hydrogens is 304 g/mol. The molecule has 0 bridgehead atoms. The van der Waals surface area contributed by atoms with E-state index in [1.54, 1.807) is 4.90 Å². The van der Waals surface area contributed by atoms with E-state index in [0.717, 1.165) is 5.69 Å². The fraction of sp³-hybridized carbons (Fsp3) is 0.500. The van der Waals surface area contributed by atoms with Crippen molar-refractivity contribution in [3.05, 3.63) is 28.6 Å². The number of carbonyl (C=O) groups excluding carboxylic acids is 1. The SMILES string of the molecule is CC(C)c1nnc(C2CN(C(=O)Nc3ccsc3)CCO2)o1. The van der Waals surface area contributed by atoms with Gasteiger partial charge in [-0.15, -0.1) is 10.2 Å². The van der Waals surface area contributed by atoms with Gasteiger partial charge in [0.25, 0.3) is 0 Å². The van der Waals surface area contributed by atoms with E-state index in [-0.39, 0.29) is 18.1 Å². The Morgan fingerprint density at radius 1 is 1.50 bits per heavy atom. The first-order valence-corrected chi connectivity index (χ1v) is 8.11. The molecule has 1 fully saturated rings. The molecule has 1 aliphatic heterocycles. The third-order valence-corrected chi connectivity index (χ3v) is 4.03. The Morgan fingerprint density at radius 3 is 3.05 bits per heavy atom. The van der Waals surface area contributed by atoms with Gasteiger partial charge in [-0.3, -0.25) is 0 Å². The van der Waals surface area contributed by atoms with E-state index in [4.69, 9.17) is 9.15 Å². The second kappa shape index (κ2) is 6.45. The standard InChI is InChI=1S/C14H18N4O3S/c1-9(2)12-16-17-13(21-12)11-7-18(4-5-20-11)14(19)15-10-3-6-22-8-10/h3,6,8-9,11H,4-5,7H2,1-2H3,(H,15,19). The number of thiophene rings is 1. The average Bonchev–Trinajstić information content (AvgIpc) is 3.18. The number of anilines is 1. The predicted octanol–water partition coefficient (Wildman–Crippen LogP) is 2.86. The smallest absolute Gasteiger partial charge is 0.322 e. The van der Waals surface area contributed by atoms with Crippen molar-refractivity contribution in [1.29, 1.82) is 0 Å². The minimum Gasteiger partial charge on any atom is -0.422 e. The van der Waals surface area contributed by atoms with Gasteiger partial charge in [-0.2, -0.15) is 11.3 Å². The highest BCUT2D eigenvalue weighted by atomic mass is 32.1. The van der Waals surface area contributed by atoms with Crippen LogP contribution in [0, 0.1) is 0 Å². The predicted molar refractivity (Wildman–Crippen MR) is 82.0 cm³/mol. The molecule has 1 saturated heterocycles. The van der Waals surface area contributed by atoms with Crippen molar-refractivity contribution >= 4 is 23.1 Å². The Kier molecular flexibility index (Phi) is 4.39. The number of nitrogens with zero attached hydrogens (tertiary/aromatic N) is 3. The zero-order chi connectivity index (χ0) is 15.5. The molecule has 0 aliphatic carbocycles. The molecule has 1 N–H and O–H groups in total. The summed E-state index contributed by atoms with van der Waals surface area (Å²) < 4.78 is 11.3. The van der Waals surface area contributed by atoms with Gasteiger partial charge in [0.15, 0.2) is 6.10 Å². The molecule has 0 radical (unpaired) electrons. The molecular formula is C14H18N4O3S. The van der Waals surface area contributed by atoms with Gasteiger partial charge in [0.05, 0.1) is 18.8 Å². The summed E-state index contributed by atoms with van der Waals surface area (Å²) in [5.41, 5.74) is 0.804. The maximum Gasteiger partial charge on any atom is 0.322 e. The molecule has 1 atom stereocenters. The van der Waals surface area contributed by atoms with Crippen LogP contribution >= 0.6 is 11.3 Å². The van der Waals surface area contributed by atoms with Crippen LogP contribution in [-0.4, -0.2) is 40.8 Å². The van der Waals surface area contributed by atoms with E-state index in [1.165, 1.54) is 11.3 Å². The molecule has 3 rings (SSSR count). The lowest BCUT2D eigenvalue weighted by molar-refractivity contribution is -0.0276. The number of hydrogen-bond acceptors (Lipinski definition) is 6. The number of amides is 2. The highest BCUT2D eigenvalue weighted by molar-refractivity contribution is 7.08. The van der Waals surface area contributed by atoms with Gasteiger partial charge in [-0.25, -0.2) is 4.79 Å². The van der Waals surface area contributed by atoms with Crippen LogP contribution < -0.4 is 5.32 Å². The molecule has 0 saturated carbocycles. The van der Waals surface area contributed by atoms with Crippen LogP contribution in [0.3, 0.4) is 0 Å². The Morgan fingerprint density at radius 2 is 2.36 bits per heavy atom. The summed E-state index contributed by atoms with van der Waals surface area (Å²) in [6.45, 7) is 5.35. The lowest BCUT2D eigenvalue weighted by atomic mass is 10.2. The Labute approximate surface area is 132 Å². The summed E-state index contributed by atoms with van der Waals surface area (Å²) in [5, 5.41) is 14.7. The number of ether oxygens (including phenoxy) is 1. The quantitative estimate of drug-likeness (QED) is 0.940. The van der Waals surface area contributed by atoms with Gasteiger partial charge < -0.3 is 19.4 Å². The summed E-state index contributed by atoms with van der Waals surface area (Å²) in [7, 11) is 0. The number of aromatic nitrogens is 2. The third-order valence-electron chi connectivity index (χ3n) is 3.35. The second-order valence-corrected chi connectivity index (χ2v) is 6.16. The molecule has 1 aliphatic rings. The summed E-state index contributed by atoms with van der Waals surface area (Å²) in [6.07, 6.45) is -0.373. The van der Waals surface area contributed by atoms with E-state index in [9.17, 15) is 4.79 Å². The third kappa shape index (κ3) is 3.28. The minimum absolute atomic E-state index is 0.143. The zero-order valence-corrected chi connectivity index (χ0v) is 13.3. The van der Waals surface area contributed by atoms with Crippen LogP contribution in [0.2, 0.25) is 0 Å². The van der Waals surface area contributed by atoms with E-state index in [2.05, 4.69) is 15.5 Å². The number of carbonyl (C=O) groups is 1. The van der Waals surface area contributed by atoms with Crippen molar-refractivity contribution < 1.29 is 13.9 Å². The molecule has 1 unspecified atom stereocenters. The Hall–Kier alpha value is -1.93. The van der Waals surface area contributed by atoms with Crippen molar-refractivity contribution in [2.24, 2.45) is 0 Å². The Bertz CT molecular complexity index is 626. The van der Waals surface area contributed by atoms with Gasteiger partial charge in [-0.1, -0.05) is 13.8 Å². The van der Waals surface area contributed by atoms with Crippen molar-refractivity contribution in [3.8, 4) is 0 Å². The van der Waals surface area contributed by atoms with Gasteiger partial charge in [0, 0.05) is 17.8 Å². The largest absolute Gasteiger partial charge is 0.422 e. The van der Waals surface area contributed by atoms with Crippen molar-refractivity contribution in [3.63, 3.8) is 0 Å². The zero-order valence-electron chi connectivity index (χ0n) is 12.5. The molecule has 2 amide bonds. The van der Waals surface area contributed by atoms with Crippen molar-refractivity contribution in [1.82, 2.24) is 15.1 Å². The van der Waals surface area contributed by atoms with Crippen molar-refractivity contribution in [2.45, 2.75) is 25.9 Å². The van der Waals surface area contributed by atoms with Crippen LogP contribution in [-0.2, 0) is 4.74 Å². The fourth-order valence-electron chi connectivity index (χ4n) is 2.13. The average molecular weight is 322 g/mol. The lowest BCUT2D eigenvalue weighted by Gasteiger charge is -2.31. The molecule has 22 heavy (non-hydrogen) atoms. The number of morpholine rings is 1. The monoisotopic (exact) mass is 322 g/mol. The van der Waals surface area contributed by atoms with Gasteiger partial charge in [-0.05, 0) is 11.4 Å². The van der Waals surface area contributed by atoms with Crippen LogP contribution in [0.25, 0.3) is 0 Å². The topological polar surface area (TPSA) is 80.5 Å². The van der Waals surface area contributed by atoms with Gasteiger partial charge in [0.1, 0.15) is 0 Å². The summed E-state index contributed by atoms with van der Waals surface area (Å²) in [4.78, 5) is 14.0. The number of urea groups is 1. The fourth-order valence-corrected chi connectivity index (χ4v) is 2.72. The number of rotatable bonds is 3. The normalized spacial score (nSPS) is 18.7. The molecule has 2 aromatic rings. The lowest BCUT2D eigenvalue weighted by Crippen LogP contribution is -2.44. The van der Waals surface area contributed by atoms with Crippen LogP contribution in [0.1, 0.15) is 37.7 Å². The first-order valence-electron chi connectivity index (χ1n) is 7.16. The number of nitrogens with one attached hydrogen (secondary N) is 1. The van der Waals surface area contributed by atoms with Gasteiger partial charge >= 0.3 is 6.03 Å². The highest BCUT2D eigenvalue weighted by Crippen LogP contribution is 2.24. The molecule has 8 heteroatoms. The maximum atomic E-state index is 12.3. The van der Waals surface area contributed by atoms with Crippen molar-refractivity contribution in [2.75, 3.05) is 25.0 Å². The Balaban J connectivity index is 1.64. The van der Waals surface area contributed by atoms with Gasteiger partial charge in [0.2, 0.25) is 11.8 Å². The van der Waals surface area contributed by atoms with Crippen LogP contribution in [0.5, 0.6) is 0 Å². The molecule has 7 nitrogen and oxygen atoms in total. The van der Waals surface area contributed by atoms with E-state index in [1.807, 2.05) is 30.7 Å². The molecule has 3 heterocycles. The first-order chi connectivity index (χ1) is 10.6. The molecule has 0 aromatic carbocycles. The van der Waals surface area contributed by atoms with Crippen LogP contribution in [0.4, 0.5) is 10.5 Å². The maximum absolute atomic E-state index is 12.3. The second-order valence-electron chi connectivity index (χ2n) is 5.38. The van der Waals surface area contributed by atoms with E-state index in [0.29, 0.717) is 31.5 Å². The van der Waals surface area contributed by atoms with Crippen LogP contribution in [0.15, 0.2) is 21.2 Å². The first kappa shape index (κ1) is 15.0. The molecule has 2 aromatic heterocycles.